The summed E-state index contributed by atoms with van der Waals surface area (Å²) >= 11 is 0. The lowest BCUT2D eigenvalue weighted by Gasteiger charge is -2.16. The fourth-order valence-electron chi connectivity index (χ4n) is 1.29. The van der Waals surface area contributed by atoms with E-state index in [0.717, 1.165) is 5.69 Å². The van der Waals surface area contributed by atoms with Gasteiger partial charge in [-0.15, -0.1) is 0 Å². The van der Waals surface area contributed by atoms with Crippen LogP contribution in [0.4, 0.5) is 0 Å². The zero-order chi connectivity index (χ0) is 11.4. The van der Waals surface area contributed by atoms with E-state index in [0.29, 0.717) is 13.1 Å². The van der Waals surface area contributed by atoms with Crippen molar-refractivity contribution in [2.45, 2.75) is 26.4 Å². The number of carbonyl (C=O) groups excluding carboxylic acids is 1. The Bertz CT molecular complexity index is 332. The molecule has 84 valence electrons. The van der Waals surface area contributed by atoms with Crippen molar-refractivity contribution in [2.24, 2.45) is 5.73 Å². The SMILES string of the molecule is CCN(C)C(=O)Cn1cncc1[C@H](C)N. The summed E-state index contributed by atoms with van der Waals surface area (Å²) in [6.45, 7) is 4.84. The van der Waals surface area contributed by atoms with E-state index in [4.69, 9.17) is 5.73 Å². The molecule has 0 spiro atoms. The fourth-order valence-corrected chi connectivity index (χ4v) is 1.29. The first-order chi connectivity index (χ1) is 7.06. The molecule has 0 saturated carbocycles. The first-order valence-corrected chi connectivity index (χ1v) is 5.05. The molecule has 0 aliphatic rings. The molecule has 1 rings (SSSR count). The molecule has 0 aliphatic carbocycles. The Morgan fingerprint density at radius 1 is 1.73 bits per heavy atom. The molecule has 0 saturated heterocycles. The smallest absolute Gasteiger partial charge is 0.242 e. The molecule has 1 aromatic rings. The Morgan fingerprint density at radius 2 is 2.40 bits per heavy atom. The van der Waals surface area contributed by atoms with Gasteiger partial charge in [0.25, 0.3) is 0 Å². The van der Waals surface area contributed by atoms with Crippen molar-refractivity contribution < 1.29 is 4.79 Å². The summed E-state index contributed by atoms with van der Waals surface area (Å²) in [5.74, 6) is 0.0670. The van der Waals surface area contributed by atoms with E-state index in [1.165, 1.54) is 0 Å². The number of likely N-dealkylation sites (N-methyl/N-ethyl adjacent to an activating group) is 1. The van der Waals surface area contributed by atoms with Crippen LogP contribution in [0.15, 0.2) is 12.5 Å². The van der Waals surface area contributed by atoms with Crippen LogP contribution in [-0.4, -0.2) is 34.0 Å². The largest absolute Gasteiger partial charge is 0.344 e. The predicted molar refractivity (Wildman–Crippen MR) is 58.1 cm³/mol. The van der Waals surface area contributed by atoms with Gasteiger partial charge in [0.2, 0.25) is 5.91 Å². The zero-order valence-corrected chi connectivity index (χ0v) is 9.47. The molecule has 1 atom stereocenters. The van der Waals surface area contributed by atoms with Gasteiger partial charge in [-0.1, -0.05) is 0 Å². The normalized spacial score (nSPS) is 12.5. The topological polar surface area (TPSA) is 64.2 Å². The number of amides is 1. The van der Waals surface area contributed by atoms with Crippen LogP contribution in [-0.2, 0) is 11.3 Å². The minimum atomic E-state index is -0.104. The van der Waals surface area contributed by atoms with Crippen molar-refractivity contribution >= 4 is 5.91 Å². The summed E-state index contributed by atoms with van der Waals surface area (Å²) in [6.07, 6.45) is 3.34. The number of nitrogens with two attached hydrogens (primary N) is 1. The number of hydrogen-bond acceptors (Lipinski definition) is 3. The molecule has 1 heterocycles. The number of imidazole rings is 1. The third-order valence-corrected chi connectivity index (χ3v) is 2.42. The van der Waals surface area contributed by atoms with Crippen molar-refractivity contribution in [3.8, 4) is 0 Å². The van der Waals surface area contributed by atoms with Crippen molar-refractivity contribution in [3.63, 3.8) is 0 Å². The molecule has 0 fully saturated rings. The number of hydrogen-bond donors (Lipinski definition) is 1. The first kappa shape index (κ1) is 11.7. The monoisotopic (exact) mass is 210 g/mol. The van der Waals surface area contributed by atoms with Gasteiger partial charge in [-0.25, -0.2) is 4.98 Å². The van der Waals surface area contributed by atoms with Crippen molar-refractivity contribution in [1.29, 1.82) is 0 Å². The highest BCUT2D eigenvalue weighted by molar-refractivity contribution is 5.75. The molecular formula is C10H18N4O. The van der Waals surface area contributed by atoms with Gasteiger partial charge in [0.1, 0.15) is 6.54 Å². The average molecular weight is 210 g/mol. The van der Waals surface area contributed by atoms with E-state index >= 15 is 0 Å². The molecule has 0 aromatic carbocycles. The summed E-state index contributed by atoms with van der Waals surface area (Å²) in [6, 6.07) is -0.104. The zero-order valence-electron chi connectivity index (χ0n) is 9.47. The lowest BCUT2D eigenvalue weighted by molar-refractivity contribution is -0.130. The number of rotatable bonds is 4. The third-order valence-electron chi connectivity index (χ3n) is 2.42. The summed E-state index contributed by atoms with van der Waals surface area (Å²) in [5.41, 5.74) is 6.64. The molecule has 1 aromatic heterocycles. The highest BCUT2D eigenvalue weighted by Gasteiger charge is 2.12. The van der Waals surface area contributed by atoms with Crippen LogP contribution >= 0.6 is 0 Å². The van der Waals surface area contributed by atoms with Crippen LogP contribution < -0.4 is 5.73 Å². The van der Waals surface area contributed by atoms with Crippen LogP contribution in [0.1, 0.15) is 25.6 Å². The van der Waals surface area contributed by atoms with Crippen LogP contribution in [0.3, 0.4) is 0 Å². The Hall–Kier alpha value is -1.36. The van der Waals surface area contributed by atoms with E-state index < -0.39 is 0 Å². The molecule has 5 heteroatoms. The van der Waals surface area contributed by atoms with E-state index in [1.807, 2.05) is 13.8 Å². The second-order valence-electron chi connectivity index (χ2n) is 3.64. The number of nitrogens with zero attached hydrogens (tertiary/aromatic N) is 3. The second kappa shape index (κ2) is 4.93. The quantitative estimate of drug-likeness (QED) is 0.781. The fraction of sp³-hybridized carbons (Fsp3) is 0.600. The van der Waals surface area contributed by atoms with Crippen molar-refractivity contribution in [2.75, 3.05) is 13.6 Å². The van der Waals surface area contributed by atoms with Gasteiger partial charge in [-0.05, 0) is 13.8 Å². The molecule has 0 aliphatic heterocycles. The molecule has 5 nitrogen and oxygen atoms in total. The van der Waals surface area contributed by atoms with Gasteiger partial charge in [0.05, 0.1) is 12.0 Å². The molecule has 15 heavy (non-hydrogen) atoms. The summed E-state index contributed by atoms with van der Waals surface area (Å²) in [4.78, 5) is 17.3. The minimum absolute atomic E-state index is 0.0670. The average Bonchev–Trinajstić information content (AvgIpc) is 2.64. The maximum atomic E-state index is 11.7. The summed E-state index contributed by atoms with van der Waals surface area (Å²) in [5, 5.41) is 0. The maximum Gasteiger partial charge on any atom is 0.242 e. The second-order valence-corrected chi connectivity index (χ2v) is 3.64. The van der Waals surface area contributed by atoms with Gasteiger partial charge in [-0.3, -0.25) is 4.79 Å². The molecule has 1 amide bonds. The van der Waals surface area contributed by atoms with Crippen molar-refractivity contribution in [1.82, 2.24) is 14.5 Å². The predicted octanol–water partition coefficient (Wildman–Crippen LogP) is 0.381. The van der Waals surface area contributed by atoms with Gasteiger partial charge >= 0.3 is 0 Å². The van der Waals surface area contributed by atoms with E-state index in [1.54, 1.807) is 29.0 Å². The Morgan fingerprint density at radius 3 is 2.93 bits per heavy atom. The van der Waals surface area contributed by atoms with Gasteiger partial charge in [0.15, 0.2) is 0 Å². The Kier molecular flexibility index (Phi) is 3.85. The van der Waals surface area contributed by atoms with E-state index in [2.05, 4.69) is 4.98 Å². The maximum absolute atomic E-state index is 11.7. The summed E-state index contributed by atoms with van der Waals surface area (Å²) < 4.78 is 1.79. The highest BCUT2D eigenvalue weighted by Crippen LogP contribution is 2.08. The van der Waals surface area contributed by atoms with Gasteiger partial charge in [0, 0.05) is 25.8 Å². The lowest BCUT2D eigenvalue weighted by Crippen LogP contribution is -2.30. The molecule has 2 N–H and O–H groups in total. The number of aromatic nitrogens is 2. The first-order valence-electron chi connectivity index (χ1n) is 5.05. The Labute approximate surface area is 89.9 Å². The van der Waals surface area contributed by atoms with Crippen molar-refractivity contribution in [3.05, 3.63) is 18.2 Å². The van der Waals surface area contributed by atoms with Crippen LogP contribution in [0.5, 0.6) is 0 Å². The number of carbonyl (C=O) groups is 1. The van der Waals surface area contributed by atoms with Crippen LogP contribution in [0.25, 0.3) is 0 Å². The highest BCUT2D eigenvalue weighted by atomic mass is 16.2. The standard InChI is InChI=1S/C10H18N4O/c1-4-13(3)10(15)6-14-7-12-5-9(14)8(2)11/h5,7-8H,4,6,11H2,1-3H3/t8-/m0/s1. The summed E-state index contributed by atoms with van der Waals surface area (Å²) in [7, 11) is 1.78. The van der Waals surface area contributed by atoms with Crippen LogP contribution in [0.2, 0.25) is 0 Å². The molecule has 0 radical (unpaired) electrons. The molecular weight excluding hydrogens is 192 g/mol. The third kappa shape index (κ3) is 2.79. The van der Waals surface area contributed by atoms with Gasteiger partial charge < -0.3 is 15.2 Å². The van der Waals surface area contributed by atoms with E-state index in [9.17, 15) is 4.79 Å². The molecule has 0 bridgehead atoms. The lowest BCUT2D eigenvalue weighted by atomic mass is 10.3. The minimum Gasteiger partial charge on any atom is -0.344 e. The van der Waals surface area contributed by atoms with Crippen LogP contribution in [0, 0.1) is 0 Å². The van der Waals surface area contributed by atoms with Gasteiger partial charge in [-0.2, -0.15) is 0 Å². The molecule has 0 unspecified atom stereocenters. The Balaban J connectivity index is 2.72. The van der Waals surface area contributed by atoms with E-state index in [-0.39, 0.29) is 11.9 Å².